The van der Waals surface area contributed by atoms with E-state index in [9.17, 15) is 0 Å². The van der Waals surface area contributed by atoms with Gasteiger partial charge < -0.3 is 13.6 Å². The van der Waals surface area contributed by atoms with Gasteiger partial charge in [-0.15, -0.1) is 0 Å². The van der Waals surface area contributed by atoms with Crippen LogP contribution in [0, 0.1) is 0 Å². The van der Waals surface area contributed by atoms with E-state index in [0.717, 1.165) is 38.8 Å². The molecule has 238 valence electrons. The zero-order valence-corrected chi connectivity index (χ0v) is 27.6. The zero-order chi connectivity index (χ0) is 33.5. The molecule has 3 nitrogen and oxygen atoms in total. The van der Waals surface area contributed by atoms with Gasteiger partial charge >= 0.3 is 0 Å². The smallest absolute Gasteiger partial charge is 0.136 e. The molecule has 0 fully saturated rings. The molecule has 0 aliphatic rings. The summed E-state index contributed by atoms with van der Waals surface area (Å²) >= 11 is 0. The van der Waals surface area contributed by atoms with Gasteiger partial charge in [-0.3, -0.25) is 0 Å². The lowest BCUT2D eigenvalue weighted by Crippen LogP contribution is -1.94. The fraction of sp³-hybridized carbons (Fsp3) is 0. The Hall–Kier alpha value is -6.84. The fourth-order valence-corrected chi connectivity index (χ4v) is 8.14. The van der Waals surface area contributed by atoms with Gasteiger partial charge in [-0.2, -0.15) is 0 Å². The summed E-state index contributed by atoms with van der Waals surface area (Å²) < 4.78 is 11.0. The molecular weight excluding hydrogens is 621 g/mol. The first-order chi connectivity index (χ1) is 25.3. The quantitative estimate of drug-likeness (QED) is 0.186. The summed E-state index contributed by atoms with van der Waals surface area (Å²) in [5, 5.41) is 7.31. The Bertz CT molecular complexity index is 3120. The highest BCUT2D eigenvalue weighted by Crippen LogP contribution is 2.39. The van der Waals surface area contributed by atoms with Crippen molar-refractivity contribution in [1.82, 2.24) is 9.13 Å². The molecule has 0 radical (unpaired) electrons. The van der Waals surface area contributed by atoms with Gasteiger partial charge in [-0.25, -0.2) is 0 Å². The van der Waals surface area contributed by atoms with Crippen LogP contribution in [-0.2, 0) is 0 Å². The number of fused-ring (bicyclic) bond motifs is 9. The molecule has 0 amide bonds. The normalized spacial score (nSPS) is 11.9. The second kappa shape index (κ2) is 10.8. The molecule has 3 heteroatoms. The van der Waals surface area contributed by atoms with Crippen molar-refractivity contribution in [3.63, 3.8) is 0 Å². The van der Waals surface area contributed by atoms with Gasteiger partial charge in [0, 0.05) is 43.7 Å². The molecule has 0 aliphatic carbocycles. The largest absolute Gasteiger partial charge is 0.456 e. The van der Waals surface area contributed by atoms with Crippen LogP contribution >= 0.6 is 0 Å². The van der Waals surface area contributed by atoms with Crippen LogP contribution in [0.25, 0.3) is 99.2 Å². The van der Waals surface area contributed by atoms with Crippen LogP contribution in [0.5, 0.6) is 0 Å². The minimum Gasteiger partial charge on any atom is -0.456 e. The summed E-state index contributed by atoms with van der Waals surface area (Å²) in [4.78, 5) is 0. The minimum atomic E-state index is 0.914. The minimum absolute atomic E-state index is 0.914. The first-order valence-corrected chi connectivity index (χ1v) is 17.4. The third kappa shape index (κ3) is 4.25. The van der Waals surface area contributed by atoms with Crippen molar-refractivity contribution in [3.05, 3.63) is 182 Å². The summed E-state index contributed by atoms with van der Waals surface area (Å²) in [5.74, 6) is 0. The molecule has 3 aromatic heterocycles. The molecule has 0 saturated heterocycles. The number of aromatic nitrogens is 2. The predicted molar refractivity (Wildman–Crippen MR) is 213 cm³/mol. The Morgan fingerprint density at radius 2 is 0.765 bits per heavy atom. The first-order valence-electron chi connectivity index (χ1n) is 17.4. The van der Waals surface area contributed by atoms with E-state index in [1.54, 1.807) is 0 Å². The van der Waals surface area contributed by atoms with Crippen molar-refractivity contribution >= 4 is 65.6 Å². The molecule has 3 heterocycles. The van der Waals surface area contributed by atoms with Crippen LogP contribution in [0.3, 0.4) is 0 Å². The number of benzene rings is 8. The van der Waals surface area contributed by atoms with Crippen LogP contribution in [-0.4, -0.2) is 9.13 Å². The SMILES string of the molecule is c1ccc(-n2c3ccccc3c3ccc(-c4ccc5c(c4)c4ccccc4n5-c4ccc(-c5ccc6c(c5)oc5ccccc56)cc4)cc32)cc1. The van der Waals surface area contributed by atoms with Crippen molar-refractivity contribution in [2.45, 2.75) is 0 Å². The maximum Gasteiger partial charge on any atom is 0.136 e. The van der Waals surface area contributed by atoms with Crippen molar-refractivity contribution in [1.29, 1.82) is 0 Å². The summed E-state index contributed by atoms with van der Waals surface area (Å²) in [6.45, 7) is 0. The van der Waals surface area contributed by atoms with E-state index >= 15 is 0 Å². The van der Waals surface area contributed by atoms with Gasteiger partial charge in [0.2, 0.25) is 0 Å². The molecule has 0 aliphatic heterocycles. The van der Waals surface area contributed by atoms with E-state index in [4.69, 9.17) is 4.42 Å². The molecule has 11 rings (SSSR count). The van der Waals surface area contributed by atoms with Crippen LogP contribution in [0.4, 0.5) is 0 Å². The lowest BCUT2D eigenvalue weighted by molar-refractivity contribution is 0.669. The van der Waals surface area contributed by atoms with Crippen molar-refractivity contribution in [2.75, 3.05) is 0 Å². The van der Waals surface area contributed by atoms with Crippen LogP contribution in [0.15, 0.2) is 186 Å². The molecular formula is C48H30N2O. The van der Waals surface area contributed by atoms with Gasteiger partial charge in [0.25, 0.3) is 0 Å². The van der Waals surface area contributed by atoms with E-state index in [1.165, 1.54) is 60.4 Å². The molecule has 0 bridgehead atoms. The third-order valence-electron chi connectivity index (χ3n) is 10.5. The third-order valence-corrected chi connectivity index (χ3v) is 10.5. The molecule has 0 saturated carbocycles. The summed E-state index contributed by atoms with van der Waals surface area (Å²) in [5.41, 5.74) is 13.7. The monoisotopic (exact) mass is 650 g/mol. The molecule has 51 heavy (non-hydrogen) atoms. The van der Waals surface area contributed by atoms with Gasteiger partial charge in [-0.05, 0) is 95.1 Å². The highest BCUT2D eigenvalue weighted by atomic mass is 16.3. The maximum atomic E-state index is 6.19. The molecule has 0 unspecified atom stereocenters. The molecule has 0 atom stereocenters. The summed E-state index contributed by atoms with van der Waals surface area (Å²) in [6, 6.07) is 65.6. The number of hydrogen-bond acceptors (Lipinski definition) is 1. The second-order valence-electron chi connectivity index (χ2n) is 13.4. The van der Waals surface area contributed by atoms with Gasteiger partial charge in [0.1, 0.15) is 11.2 Å². The molecule has 8 aromatic carbocycles. The van der Waals surface area contributed by atoms with Crippen molar-refractivity contribution in [3.8, 4) is 33.6 Å². The van der Waals surface area contributed by atoms with Gasteiger partial charge in [-0.1, -0.05) is 109 Å². The average molecular weight is 651 g/mol. The number of hydrogen-bond donors (Lipinski definition) is 0. The maximum absolute atomic E-state index is 6.19. The number of furan rings is 1. The highest BCUT2D eigenvalue weighted by molar-refractivity contribution is 6.12. The Balaban J connectivity index is 1.02. The second-order valence-corrected chi connectivity index (χ2v) is 13.4. The van der Waals surface area contributed by atoms with E-state index < -0.39 is 0 Å². The lowest BCUT2D eigenvalue weighted by Gasteiger charge is -2.11. The van der Waals surface area contributed by atoms with E-state index in [1.807, 2.05) is 12.1 Å². The van der Waals surface area contributed by atoms with Crippen LogP contribution in [0.2, 0.25) is 0 Å². The topological polar surface area (TPSA) is 23.0 Å². The fourth-order valence-electron chi connectivity index (χ4n) is 8.14. The lowest BCUT2D eigenvalue weighted by atomic mass is 10.0. The summed E-state index contributed by atoms with van der Waals surface area (Å²) in [6.07, 6.45) is 0. The van der Waals surface area contributed by atoms with Crippen LogP contribution in [0.1, 0.15) is 0 Å². The summed E-state index contributed by atoms with van der Waals surface area (Å²) in [7, 11) is 0. The highest BCUT2D eigenvalue weighted by Gasteiger charge is 2.16. The molecule has 11 aromatic rings. The number of para-hydroxylation sites is 4. The standard InChI is InChI=1S/C48H30N2O/c1-2-10-35(11-3-1)50-43-15-7-4-12-37(43)39-25-20-33(29-46(39)50)32-22-27-45-42(28-32)38-13-5-8-16-44(38)49(45)36-23-18-31(19-24-36)34-21-26-41-40-14-6-9-17-47(40)51-48(41)30-34/h1-30H. The Morgan fingerprint density at radius 1 is 0.275 bits per heavy atom. The Morgan fingerprint density at radius 3 is 1.55 bits per heavy atom. The molecule has 0 spiro atoms. The van der Waals surface area contributed by atoms with E-state index in [-0.39, 0.29) is 0 Å². The predicted octanol–water partition coefficient (Wildman–Crippen LogP) is 13.1. The van der Waals surface area contributed by atoms with Crippen molar-refractivity contribution in [2.24, 2.45) is 0 Å². The first kappa shape index (κ1) is 28.0. The number of nitrogens with zero attached hydrogens (tertiary/aromatic N) is 2. The van der Waals surface area contributed by atoms with E-state index in [0.29, 0.717) is 0 Å². The number of rotatable bonds is 4. The molecule has 0 N–H and O–H groups in total. The average Bonchev–Trinajstić information content (AvgIpc) is 3.85. The Kier molecular flexibility index (Phi) is 5.96. The zero-order valence-electron chi connectivity index (χ0n) is 27.6. The van der Waals surface area contributed by atoms with Crippen molar-refractivity contribution < 1.29 is 4.42 Å². The van der Waals surface area contributed by atoms with Gasteiger partial charge in [0.05, 0.1) is 22.1 Å². The van der Waals surface area contributed by atoms with E-state index in [2.05, 4.69) is 179 Å². The Labute approximate surface area is 293 Å². The van der Waals surface area contributed by atoms with Gasteiger partial charge in [0.15, 0.2) is 0 Å². The van der Waals surface area contributed by atoms with Crippen LogP contribution < -0.4 is 0 Å².